The van der Waals surface area contributed by atoms with Crippen molar-refractivity contribution < 1.29 is 4.79 Å². The van der Waals surface area contributed by atoms with E-state index in [2.05, 4.69) is 22.2 Å². The third kappa shape index (κ3) is 4.43. The minimum Gasteiger partial charge on any atom is -0.351 e. The van der Waals surface area contributed by atoms with Crippen molar-refractivity contribution in [3.8, 4) is 0 Å². The molecule has 1 saturated carbocycles. The zero-order valence-electron chi connectivity index (χ0n) is 14.1. The van der Waals surface area contributed by atoms with Crippen LogP contribution in [0.3, 0.4) is 0 Å². The second-order valence-corrected chi connectivity index (χ2v) is 7.10. The summed E-state index contributed by atoms with van der Waals surface area (Å²) in [6.07, 6.45) is 13.1. The molecule has 0 unspecified atom stereocenters. The molecule has 0 spiro atoms. The fourth-order valence-electron chi connectivity index (χ4n) is 3.51. The topological polar surface area (TPSA) is 58.1 Å². The lowest BCUT2D eigenvalue weighted by Gasteiger charge is -2.30. The maximum Gasteiger partial charge on any atom is 0.256 e. The van der Waals surface area contributed by atoms with Crippen LogP contribution in [0, 0.1) is 5.92 Å². The minimum atomic E-state index is 0.0675. The van der Waals surface area contributed by atoms with E-state index < -0.39 is 0 Å². The summed E-state index contributed by atoms with van der Waals surface area (Å²) in [5.74, 6) is 1.44. The third-order valence-electron chi connectivity index (χ3n) is 5.16. The van der Waals surface area contributed by atoms with Crippen LogP contribution in [0.1, 0.15) is 68.6 Å². The lowest BCUT2D eigenvalue weighted by Crippen LogP contribution is -2.38. The normalized spacial score (nSPS) is 21.0. The molecule has 1 aromatic rings. The van der Waals surface area contributed by atoms with Crippen molar-refractivity contribution >= 4 is 11.9 Å². The Labute approximate surface area is 138 Å². The number of aromatic nitrogens is 2. The summed E-state index contributed by atoms with van der Waals surface area (Å²) in [4.78, 5) is 23.1. The van der Waals surface area contributed by atoms with E-state index in [1.54, 1.807) is 12.4 Å². The molecule has 3 rings (SSSR count). The van der Waals surface area contributed by atoms with Gasteiger partial charge < -0.3 is 10.2 Å². The number of hydrogen-bond acceptors (Lipinski definition) is 4. The molecule has 0 radical (unpaired) electrons. The number of nitrogens with zero attached hydrogens (tertiary/aromatic N) is 3. The Morgan fingerprint density at radius 2 is 1.65 bits per heavy atom. The highest BCUT2D eigenvalue weighted by atomic mass is 16.2. The van der Waals surface area contributed by atoms with Crippen LogP contribution in [0.2, 0.25) is 0 Å². The van der Waals surface area contributed by atoms with Gasteiger partial charge in [-0.3, -0.25) is 4.79 Å². The number of piperidine rings is 1. The lowest BCUT2D eigenvalue weighted by molar-refractivity contribution is 0.0696. The molecule has 0 bridgehead atoms. The summed E-state index contributed by atoms with van der Waals surface area (Å²) < 4.78 is 0. The van der Waals surface area contributed by atoms with Gasteiger partial charge in [-0.2, -0.15) is 0 Å². The molecule has 2 heterocycles. The van der Waals surface area contributed by atoms with Crippen molar-refractivity contribution in [2.24, 2.45) is 5.92 Å². The van der Waals surface area contributed by atoms with Crippen LogP contribution in [-0.2, 0) is 0 Å². The van der Waals surface area contributed by atoms with Crippen molar-refractivity contribution in [1.29, 1.82) is 0 Å². The highest BCUT2D eigenvalue weighted by molar-refractivity contribution is 5.93. The molecule has 1 aliphatic heterocycles. The van der Waals surface area contributed by atoms with E-state index in [-0.39, 0.29) is 5.91 Å². The molecule has 0 aromatic carbocycles. The summed E-state index contributed by atoms with van der Waals surface area (Å²) in [6.45, 7) is 3.95. The standard InChI is InChI=1S/C18H28N4O/c1-14-8-10-22(11-9-14)17(23)15-12-19-18(20-13-15)21-16-6-4-2-3-5-7-16/h12-14,16H,2-11H2,1H3,(H,19,20,21). The van der Waals surface area contributed by atoms with Crippen LogP contribution in [0.4, 0.5) is 5.95 Å². The molecule has 5 nitrogen and oxygen atoms in total. The zero-order chi connectivity index (χ0) is 16.1. The number of amides is 1. The second kappa shape index (κ2) is 7.75. The molecule has 2 fully saturated rings. The predicted molar refractivity (Wildman–Crippen MR) is 91.4 cm³/mol. The first kappa shape index (κ1) is 16.2. The van der Waals surface area contributed by atoms with Crippen LogP contribution in [0.5, 0.6) is 0 Å². The average molecular weight is 316 g/mol. The van der Waals surface area contributed by atoms with Gasteiger partial charge in [0.15, 0.2) is 0 Å². The lowest BCUT2D eigenvalue weighted by atomic mass is 9.99. The number of carbonyl (C=O) groups excluding carboxylic acids is 1. The van der Waals surface area contributed by atoms with E-state index in [1.807, 2.05) is 4.90 Å². The van der Waals surface area contributed by atoms with Crippen LogP contribution in [0.15, 0.2) is 12.4 Å². The van der Waals surface area contributed by atoms with E-state index in [0.717, 1.165) is 31.8 Å². The first-order chi connectivity index (χ1) is 11.2. The number of nitrogens with one attached hydrogen (secondary N) is 1. The second-order valence-electron chi connectivity index (χ2n) is 7.10. The van der Waals surface area contributed by atoms with Gasteiger partial charge in [-0.1, -0.05) is 32.6 Å². The van der Waals surface area contributed by atoms with Crippen molar-refractivity contribution in [2.75, 3.05) is 18.4 Å². The predicted octanol–water partition coefficient (Wildman–Crippen LogP) is 3.48. The van der Waals surface area contributed by atoms with Gasteiger partial charge in [0.2, 0.25) is 5.95 Å². The van der Waals surface area contributed by atoms with Crippen LogP contribution >= 0.6 is 0 Å². The minimum absolute atomic E-state index is 0.0675. The molecule has 2 aliphatic rings. The van der Waals surface area contributed by atoms with Gasteiger partial charge in [0, 0.05) is 31.5 Å². The fourth-order valence-corrected chi connectivity index (χ4v) is 3.51. The van der Waals surface area contributed by atoms with E-state index in [9.17, 15) is 4.79 Å². The first-order valence-corrected chi connectivity index (χ1v) is 9.10. The molecular formula is C18H28N4O. The molecule has 1 amide bonds. The maximum atomic E-state index is 12.5. The van der Waals surface area contributed by atoms with Gasteiger partial charge in [0.1, 0.15) is 0 Å². The SMILES string of the molecule is CC1CCN(C(=O)c2cnc(NC3CCCCCC3)nc2)CC1. The quantitative estimate of drug-likeness (QED) is 0.867. The summed E-state index contributed by atoms with van der Waals surface area (Å²) in [7, 11) is 0. The van der Waals surface area contributed by atoms with Gasteiger partial charge in [0.25, 0.3) is 5.91 Å². The molecular weight excluding hydrogens is 288 g/mol. The summed E-state index contributed by atoms with van der Waals surface area (Å²) in [5.41, 5.74) is 0.603. The Morgan fingerprint density at radius 3 is 2.26 bits per heavy atom. The van der Waals surface area contributed by atoms with Gasteiger partial charge in [-0.15, -0.1) is 0 Å². The van der Waals surface area contributed by atoms with E-state index >= 15 is 0 Å². The summed E-state index contributed by atoms with van der Waals surface area (Å²) in [5, 5.41) is 3.43. The molecule has 5 heteroatoms. The number of rotatable bonds is 3. The Hall–Kier alpha value is -1.65. The largest absolute Gasteiger partial charge is 0.351 e. The Morgan fingerprint density at radius 1 is 1.04 bits per heavy atom. The number of likely N-dealkylation sites (tertiary alicyclic amines) is 1. The molecule has 126 valence electrons. The average Bonchev–Trinajstić information content (AvgIpc) is 2.84. The Kier molecular flexibility index (Phi) is 5.47. The third-order valence-corrected chi connectivity index (χ3v) is 5.16. The van der Waals surface area contributed by atoms with Crippen molar-refractivity contribution in [3.05, 3.63) is 18.0 Å². The molecule has 1 aliphatic carbocycles. The summed E-state index contributed by atoms with van der Waals surface area (Å²) >= 11 is 0. The molecule has 1 saturated heterocycles. The molecule has 23 heavy (non-hydrogen) atoms. The smallest absolute Gasteiger partial charge is 0.256 e. The van der Waals surface area contributed by atoms with Gasteiger partial charge in [-0.05, 0) is 31.6 Å². The van der Waals surface area contributed by atoms with Crippen LogP contribution < -0.4 is 5.32 Å². The summed E-state index contributed by atoms with van der Waals surface area (Å²) in [6, 6.07) is 0.475. The van der Waals surface area contributed by atoms with Crippen molar-refractivity contribution in [2.45, 2.75) is 64.3 Å². The monoisotopic (exact) mass is 316 g/mol. The zero-order valence-corrected chi connectivity index (χ0v) is 14.1. The number of anilines is 1. The van der Waals surface area contributed by atoms with Crippen LogP contribution in [-0.4, -0.2) is 39.9 Å². The van der Waals surface area contributed by atoms with E-state index in [4.69, 9.17) is 0 Å². The van der Waals surface area contributed by atoms with E-state index in [0.29, 0.717) is 17.6 Å². The van der Waals surface area contributed by atoms with Gasteiger partial charge >= 0.3 is 0 Å². The molecule has 1 aromatic heterocycles. The van der Waals surface area contributed by atoms with Gasteiger partial charge in [0.05, 0.1) is 5.56 Å². The Bertz CT molecular complexity index is 500. The maximum absolute atomic E-state index is 12.5. The molecule has 1 N–H and O–H groups in total. The van der Waals surface area contributed by atoms with Gasteiger partial charge in [-0.25, -0.2) is 9.97 Å². The number of carbonyl (C=O) groups is 1. The highest BCUT2D eigenvalue weighted by Crippen LogP contribution is 2.20. The molecule has 0 atom stereocenters. The first-order valence-electron chi connectivity index (χ1n) is 9.10. The van der Waals surface area contributed by atoms with Crippen molar-refractivity contribution in [3.63, 3.8) is 0 Å². The number of hydrogen-bond donors (Lipinski definition) is 1. The highest BCUT2D eigenvalue weighted by Gasteiger charge is 2.22. The van der Waals surface area contributed by atoms with E-state index in [1.165, 1.54) is 38.5 Å². The Balaban J connectivity index is 1.56. The van der Waals surface area contributed by atoms with Crippen molar-refractivity contribution in [1.82, 2.24) is 14.9 Å². The van der Waals surface area contributed by atoms with Crippen LogP contribution in [0.25, 0.3) is 0 Å². The fraction of sp³-hybridized carbons (Fsp3) is 0.722.